The van der Waals surface area contributed by atoms with E-state index in [1.54, 1.807) is 0 Å². The van der Waals surface area contributed by atoms with Crippen LogP contribution in [0.3, 0.4) is 0 Å². The van der Waals surface area contributed by atoms with Gasteiger partial charge in [0.05, 0.1) is 0 Å². The Labute approximate surface area is 97.0 Å². The highest BCUT2D eigenvalue weighted by Crippen LogP contribution is 2.19. The van der Waals surface area contributed by atoms with Gasteiger partial charge in [-0.15, -0.1) is 0 Å². The molecule has 2 N–H and O–H groups in total. The van der Waals surface area contributed by atoms with Crippen molar-refractivity contribution in [2.24, 2.45) is 5.92 Å². The Morgan fingerprint density at radius 2 is 2.50 bits per heavy atom. The first-order chi connectivity index (χ1) is 7.84. The molecule has 0 fully saturated rings. The third-order valence-corrected chi connectivity index (χ3v) is 3.23. The van der Waals surface area contributed by atoms with Gasteiger partial charge >= 0.3 is 0 Å². The van der Waals surface area contributed by atoms with E-state index in [4.69, 9.17) is 0 Å². The van der Waals surface area contributed by atoms with Crippen LogP contribution in [0.25, 0.3) is 0 Å². The molecule has 16 heavy (non-hydrogen) atoms. The van der Waals surface area contributed by atoms with E-state index in [-0.39, 0.29) is 5.91 Å². The first kappa shape index (κ1) is 11.4. The highest BCUT2D eigenvalue weighted by Gasteiger charge is 2.14. The van der Waals surface area contributed by atoms with E-state index in [2.05, 4.69) is 28.9 Å². The summed E-state index contributed by atoms with van der Waals surface area (Å²) in [4.78, 5) is 11.7. The van der Waals surface area contributed by atoms with Crippen LogP contribution in [-0.4, -0.2) is 25.5 Å². The van der Waals surface area contributed by atoms with Crippen molar-refractivity contribution in [1.82, 2.24) is 10.6 Å². The SMILES string of the molecule is O=C(CC1C=CCC1)NCC1=CCNCC1. The number of carbonyl (C=O) groups is 1. The fourth-order valence-corrected chi connectivity index (χ4v) is 2.22. The van der Waals surface area contributed by atoms with Crippen molar-refractivity contribution in [3.63, 3.8) is 0 Å². The largest absolute Gasteiger partial charge is 0.352 e. The molecule has 3 heteroatoms. The number of hydrogen-bond donors (Lipinski definition) is 2. The van der Waals surface area contributed by atoms with Gasteiger partial charge in [0.15, 0.2) is 0 Å². The topological polar surface area (TPSA) is 41.1 Å². The first-order valence-corrected chi connectivity index (χ1v) is 6.16. The van der Waals surface area contributed by atoms with Gasteiger partial charge in [-0.3, -0.25) is 4.79 Å². The zero-order chi connectivity index (χ0) is 11.2. The first-order valence-electron chi connectivity index (χ1n) is 6.16. The fraction of sp³-hybridized carbons (Fsp3) is 0.615. The predicted octanol–water partition coefficient (Wildman–Crippen LogP) is 1.38. The molecule has 1 aliphatic carbocycles. The van der Waals surface area contributed by atoms with Crippen LogP contribution >= 0.6 is 0 Å². The van der Waals surface area contributed by atoms with Crippen LogP contribution < -0.4 is 10.6 Å². The van der Waals surface area contributed by atoms with Gasteiger partial charge in [-0.2, -0.15) is 0 Å². The average Bonchev–Trinajstić information content (AvgIpc) is 2.81. The van der Waals surface area contributed by atoms with Crippen LogP contribution in [0, 0.1) is 5.92 Å². The van der Waals surface area contributed by atoms with Gasteiger partial charge in [-0.25, -0.2) is 0 Å². The van der Waals surface area contributed by atoms with E-state index in [1.165, 1.54) is 5.57 Å². The molecule has 1 aliphatic heterocycles. The van der Waals surface area contributed by atoms with E-state index in [9.17, 15) is 4.79 Å². The zero-order valence-electron chi connectivity index (χ0n) is 9.67. The van der Waals surface area contributed by atoms with Gasteiger partial charge in [0, 0.05) is 19.5 Å². The van der Waals surface area contributed by atoms with Crippen molar-refractivity contribution in [1.29, 1.82) is 0 Å². The number of hydrogen-bond acceptors (Lipinski definition) is 2. The van der Waals surface area contributed by atoms with Crippen LogP contribution in [0.2, 0.25) is 0 Å². The van der Waals surface area contributed by atoms with Crippen molar-refractivity contribution in [3.8, 4) is 0 Å². The quantitative estimate of drug-likeness (QED) is 0.703. The molecule has 0 aromatic heterocycles. The molecule has 1 heterocycles. The number of amides is 1. The van der Waals surface area contributed by atoms with Crippen molar-refractivity contribution < 1.29 is 4.79 Å². The summed E-state index contributed by atoms with van der Waals surface area (Å²) in [5.41, 5.74) is 1.36. The van der Waals surface area contributed by atoms with E-state index < -0.39 is 0 Å². The van der Waals surface area contributed by atoms with E-state index in [1.807, 2.05) is 0 Å². The summed E-state index contributed by atoms with van der Waals surface area (Å²) in [6.45, 7) is 2.71. The second kappa shape index (κ2) is 5.85. The van der Waals surface area contributed by atoms with Gasteiger partial charge < -0.3 is 10.6 Å². The molecule has 0 saturated carbocycles. The summed E-state index contributed by atoms with van der Waals surface area (Å²) < 4.78 is 0. The second-order valence-corrected chi connectivity index (χ2v) is 4.56. The lowest BCUT2D eigenvalue weighted by Gasteiger charge is -2.15. The van der Waals surface area contributed by atoms with Crippen molar-refractivity contribution in [2.45, 2.75) is 25.7 Å². The van der Waals surface area contributed by atoms with Gasteiger partial charge in [-0.05, 0) is 31.7 Å². The third kappa shape index (κ3) is 3.49. The lowest BCUT2D eigenvalue weighted by Crippen LogP contribution is -2.30. The molecule has 1 atom stereocenters. The lowest BCUT2D eigenvalue weighted by atomic mass is 10.0. The Hall–Kier alpha value is -1.09. The van der Waals surface area contributed by atoms with Gasteiger partial charge in [-0.1, -0.05) is 23.8 Å². The van der Waals surface area contributed by atoms with Crippen LogP contribution in [0.1, 0.15) is 25.7 Å². The summed E-state index contributed by atoms with van der Waals surface area (Å²) in [5, 5.41) is 6.27. The molecule has 1 amide bonds. The Kier molecular flexibility index (Phi) is 4.17. The zero-order valence-corrected chi connectivity index (χ0v) is 9.67. The standard InChI is InChI=1S/C13H20N2O/c16-13(9-11-3-1-2-4-11)15-10-12-5-7-14-8-6-12/h1,3,5,11,14H,2,4,6-10H2,(H,15,16). The Morgan fingerprint density at radius 3 is 3.19 bits per heavy atom. The smallest absolute Gasteiger partial charge is 0.220 e. The van der Waals surface area contributed by atoms with E-state index in [0.29, 0.717) is 12.3 Å². The maximum Gasteiger partial charge on any atom is 0.220 e. The predicted molar refractivity (Wildman–Crippen MR) is 65.1 cm³/mol. The van der Waals surface area contributed by atoms with Crippen LogP contribution in [0.15, 0.2) is 23.8 Å². The minimum Gasteiger partial charge on any atom is -0.352 e. The normalized spacial score (nSPS) is 24.2. The molecule has 3 nitrogen and oxygen atoms in total. The Bertz CT molecular complexity index is 307. The molecule has 0 radical (unpaired) electrons. The highest BCUT2D eigenvalue weighted by atomic mass is 16.1. The average molecular weight is 220 g/mol. The van der Waals surface area contributed by atoms with Gasteiger partial charge in [0.25, 0.3) is 0 Å². The number of allylic oxidation sites excluding steroid dienone is 2. The van der Waals surface area contributed by atoms with Crippen LogP contribution in [0.5, 0.6) is 0 Å². The molecular formula is C13H20N2O. The molecule has 0 spiro atoms. The van der Waals surface area contributed by atoms with Crippen molar-refractivity contribution in [2.75, 3.05) is 19.6 Å². The monoisotopic (exact) mass is 220 g/mol. The minimum atomic E-state index is 0.191. The van der Waals surface area contributed by atoms with Crippen molar-refractivity contribution >= 4 is 5.91 Å². The summed E-state index contributed by atoms with van der Waals surface area (Å²) in [6.07, 6.45) is 10.5. The highest BCUT2D eigenvalue weighted by molar-refractivity contribution is 5.76. The molecule has 1 unspecified atom stereocenters. The van der Waals surface area contributed by atoms with E-state index in [0.717, 1.165) is 38.9 Å². The maximum atomic E-state index is 11.7. The molecule has 2 rings (SSSR count). The van der Waals surface area contributed by atoms with E-state index >= 15 is 0 Å². The lowest BCUT2D eigenvalue weighted by molar-refractivity contribution is -0.121. The van der Waals surface area contributed by atoms with Gasteiger partial charge in [0.1, 0.15) is 0 Å². The Balaban J connectivity index is 1.66. The van der Waals surface area contributed by atoms with Crippen molar-refractivity contribution in [3.05, 3.63) is 23.8 Å². The summed E-state index contributed by atoms with van der Waals surface area (Å²) >= 11 is 0. The fourth-order valence-electron chi connectivity index (χ4n) is 2.22. The molecular weight excluding hydrogens is 200 g/mol. The molecule has 2 aliphatic rings. The minimum absolute atomic E-state index is 0.191. The van der Waals surface area contributed by atoms with Gasteiger partial charge in [0.2, 0.25) is 5.91 Å². The maximum absolute atomic E-state index is 11.7. The number of rotatable bonds is 4. The number of nitrogens with one attached hydrogen (secondary N) is 2. The molecule has 88 valence electrons. The summed E-state index contributed by atoms with van der Waals surface area (Å²) in [5.74, 6) is 0.665. The van der Waals surface area contributed by atoms with Crippen LogP contribution in [-0.2, 0) is 4.79 Å². The third-order valence-electron chi connectivity index (χ3n) is 3.23. The molecule has 0 aromatic rings. The Morgan fingerprint density at radius 1 is 1.56 bits per heavy atom. The summed E-state index contributed by atoms with van der Waals surface area (Å²) in [6, 6.07) is 0. The molecule has 0 aromatic carbocycles. The summed E-state index contributed by atoms with van der Waals surface area (Å²) in [7, 11) is 0. The van der Waals surface area contributed by atoms with Crippen LogP contribution in [0.4, 0.5) is 0 Å². The molecule has 0 saturated heterocycles. The molecule has 0 bridgehead atoms. The second-order valence-electron chi connectivity index (χ2n) is 4.56. The number of carbonyl (C=O) groups excluding carboxylic acids is 1.